The van der Waals surface area contributed by atoms with E-state index in [-0.39, 0.29) is 5.91 Å². The second-order valence-electron chi connectivity index (χ2n) is 6.61. The summed E-state index contributed by atoms with van der Waals surface area (Å²) in [5.41, 5.74) is 8.24. The average molecular weight is 390 g/mol. The molecule has 136 valence electrons. The number of benzene rings is 2. The third-order valence-electron chi connectivity index (χ3n) is 4.11. The van der Waals surface area contributed by atoms with E-state index in [4.69, 9.17) is 22.1 Å². The molecular formula is C19H20ClN3O2S. The molecule has 1 aromatic heterocycles. The zero-order valence-electron chi connectivity index (χ0n) is 15.0. The highest BCUT2D eigenvalue weighted by atomic mass is 35.5. The van der Waals surface area contributed by atoms with Gasteiger partial charge in [-0.25, -0.2) is 4.98 Å². The van der Waals surface area contributed by atoms with E-state index in [1.807, 2.05) is 19.9 Å². The maximum absolute atomic E-state index is 12.9. The molecule has 7 heteroatoms. The van der Waals surface area contributed by atoms with Gasteiger partial charge in [0, 0.05) is 10.7 Å². The number of aromatic nitrogens is 1. The summed E-state index contributed by atoms with van der Waals surface area (Å²) in [5.74, 6) is 0.337. The smallest absolute Gasteiger partial charge is 0.267 e. The average Bonchev–Trinajstić information content (AvgIpc) is 2.93. The van der Waals surface area contributed by atoms with Crippen molar-refractivity contribution in [1.82, 2.24) is 4.98 Å². The topological polar surface area (TPSA) is 77.2 Å². The number of ether oxygens (including phenoxy) is 1. The van der Waals surface area contributed by atoms with Gasteiger partial charge in [0.05, 0.1) is 10.2 Å². The lowest BCUT2D eigenvalue weighted by atomic mass is 10.0. The minimum atomic E-state index is -1.06. The van der Waals surface area contributed by atoms with E-state index in [0.29, 0.717) is 15.9 Å². The predicted octanol–water partition coefficient (Wildman–Crippen LogP) is 4.94. The molecule has 0 bridgehead atoms. The summed E-state index contributed by atoms with van der Waals surface area (Å²) >= 11 is 7.30. The SMILES string of the molecule is Cc1cc2nc(N)sc2c(C)c1NC(=O)C(C)(C)Oc1ccc(Cl)cc1. The lowest BCUT2D eigenvalue weighted by Crippen LogP contribution is -2.42. The molecule has 0 atom stereocenters. The number of fused-ring (bicyclic) bond motifs is 1. The molecule has 5 nitrogen and oxygen atoms in total. The van der Waals surface area contributed by atoms with Crippen LogP contribution in [0.15, 0.2) is 30.3 Å². The molecule has 0 aliphatic carbocycles. The second-order valence-corrected chi connectivity index (χ2v) is 8.08. The van der Waals surface area contributed by atoms with E-state index < -0.39 is 5.60 Å². The number of hydrogen-bond acceptors (Lipinski definition) is 5. The first-order valence-corrected chi connectivity index (χ1v) is 9.29. The van der Waals surface area contributed by atoms with Crippen LogP contribution < -0.4 is 15.8 Å². The van der Waals surface area contributed by atoms with E-state index in [2.05, 4.69) is 10.3 Å². The van der Waals surface area contributed by atoms with Gasteiger partial charge in [-0.1, -0.05) is 22.9 Å². The van der Waals surface area contributed by atoms with Gasteiger partial charge in [-0.3, -0.25) is 4.79 Å². The molecule has 26 heavy (non-hydrogen) atoms. The van der Waals surface area contributed by atoms with Crippen LogP contribution >= 0.6 is 22.9 Å². The van der Waals surface area contributed by atoms with E-state index in [1.165, 1.54) is 11.3 Å². The van der Waals surface area contributed by atoms with Gasteiger partial charge < -0.3 is 15.8 Å². The van der Waals surface area contributed by atoms with Gasteiger partial charge in [0.2, 0.25) is 0 Å². The first-order chi connectivity index (χ1) is 12.2. The van der Waals surface area contributed by atoms with Crippen molar-refractivity contribution in [1.29, 1.82) is 0 Å². The number of nitrogens with two attached hydrogens (primary N) is 1. The molecule has 0 radical (unpaired) electrons. The molecule has 3 aromatic rings. The third kappa shape index (κ3) is 3.61. The first-order valence-electron chi connectivity index (χ1n) is 8.09. The van der Waals surface area contributed by atoms with Gasteiger partial charge in [-0.2, -0.15) is 0 Å². The van der Waals surface area contributed by atoms with Crippen LogP contribution in [0.2, 0.25) is 5.02 Å². The van der Waals surface area contributed by atoms with Gasteiger partial charge >= 0.3 is 0 Å². The highest BCUT2D eigenvalue weighted by Gasteiger charge is 2.31. The molecular weight excluding hydrogens is 370 g/mol. The van der Waals surface area contributed by atoms with E-state index in [1.54, 1.807) is 38.1 Å². The largest absolute Gasteiger partial charge is 0.478 e. The van der Waals surface area contributed by atoms with Gasteiger partial charge in [-0.15, -0.1) is 0 Å². The highest BCUT2D eigenvalue weighted by molar-refractivity contribution is 7.22. The van der Waals surface area contributed by atoms with E-state index >= 15 is 0 Å². The summed E-state index contributed by atoms with van der Waals surface area (Å²) in [5, 5.41) is 4.13. The zero-order chi connectivity index (χ0) is 19.1. The summed E-state index contributed by atoms with van der Waals surface area (Å²) in [7, 11) is 0. The molecule has 1 amide bonds. The van der Waals surface area contributed by atoms with Crippen molar-refractivity contribution >= 4 is 49.9 Å². The third-order valence-corrected chi connectivity index (χ3v) is 5.38. The number of carbonyl (C=O) groups excluding carboxylic acids is 1. The van der Waals surface area contributed by atoms with Crippen molar-refractivity contribution in [2.75, 3.05) is 11.1 Å². The van der Waals surface area contributed by atoms with Crippen molar-refractivity contribution in [3.8, 4) is 5.75 Å². The van der Waals surface area contributed by atoms with Gasteiger partial charge in [0.25, 0.3) is 5.91 Å². The standard InChI is InChI=1S/C19H20ClN3O2S/c1-10-9-14-16(26-18(21)22-14)11(2)15(10)23-17(24)19(3,4)25-13-7-5-12(20)6-8-13/h5-9H,1-4H3,(H2,21,22)(H,23,24). The number of nitrogens with zero attached hydrogens (tertiary/aromatic N) is 1. The Morgan fingerprint density at radius 2 is 1.92 bits per heavy atom. The molecule has 0 saturated carbocycles. The van der Waals surface area contributed by atoms with Crippen LogP contribution in [-0.2, 0) is 4.79 Å². The lowest BCUT2D eigenvalue weighted by molar-refractivity contribution is -0.128. The number of nitrogens with one attached hydrogen (secondary N) is 1. The lowest BCUT2D eigenvalue weighted by Gasteiger charge is -2.26. The molecule has 0 spiro atoms. The summed E-state index contributed by atoms with van der Waals surface area (Å²) < 4.78 is 6.83. The minimum absolute atomic E-state index is 0.240. The molecule has 3 rings (SSSR count). The summed E-state index contributed by atoms with van der Waals surface area (Å²) in [6.07, 6.45) is 0. The molecule has 1 heterocycles. The number of halogens is 1. The molecule has 0 fully saturated rings. The Kier molecular flexibility index (Phi) is 4.82. The van der Waals surface area contributed by atoms with Crippen molar-refractivity contribution in [3.05, 3.63) is 46.5 Å². The van der Waals surface area contributed by atoms with Crippen molar-refractivity contribution in [2.24, 2.45) is 0 Å². The maximum atomic E-state index is 12.9. The zero-order valence-corrected chi connectivity index (χ0v) is 16.6. The fourth-order valence-corrected chi connectivity index (χ4v) is 3.65. The van der Waals surface area contributed by atoms with Gasteiger partial charge in [0.1, 0.15) is 5.75 Å². The molecule has 3 N–H and O–H groups in total. The summed E-state index contributed by atoms with van der Waals surface area (Å²) in [6.45, 7) is 7.34. The number of anilines is 2. The Bertz CT molecular complexity index is 981. The Labute approximate surface area is 161 Å². The number of thiazole rings is 1. The molecule has 0 aliphatic heterocycles. The quantitative estimate of drug-likeness (QED) is 0.662. The fraction of sp³-hybridized carbons (Fsp3) is 0.263. The predicted molar refractivity (Wildman–Crippen MR) is 108 cm³/mol. The number of rotatable bonds is 4. The van der Waals surface area contributed by atoms with Crippen LogP contribution in [0.3, 0.4) is 0 Å². The number of nitrogen functional groups attached to an aromatic ring is 1. The first kappa shape index (κ1) is 18.5. The van der Waals surface area contributed by atoms with Crippen molar-refractivity contribution in [3.63, 3.8) is 0 Å². The van der Waals surface area contributed by atoms with E-state index in [0.717, 1.165) is 27.0 Å². The Morgan fingerprint density at radius 1 is 1.27 bits per heavy atom. The number of carbonyl (C=O) groups is 1. The van der Waals surface area contributed by atoms with Crippen LogP contribution in [0.5, 0.6) is 5.75 Å². The Balaban J connectivity index is 1.86. The molecule has 0 saturated heterocycles. The molecule has 0 unspecified atom stereocenters. The molecule has 0 aliphatic rings. The van der Waals surface area contributed by atoms with Crippen LogP contribution in [0.25, 0.3) is 10.2 Å². The van der Waals surface area contributed by atoms with Gasteiger partial charge in [0.15, 0.2) is 10.7 Å². The normalized spacial score (nSPS) is 11.6. The Hall–Kier alpha value is -2.31. The summed E-state index contributed by atoms with van der Waals surface area (Å²) in [4.78, 5) is 17.2. The number of hydrogen-bond donors (Lipinski definition) is 2. The van der Waals surface area contributed by atoms with E-state index in [9.17, 15) is 4.79 Å². The van der Waals surface area contributed by atoms with Crippen molar-refractivity contribution in [2.45, 2.75) is 33.3 Å². The van der Waals surface area contributed by atoms with Crippen LogP contribution in [-0.4, -0.2) is 16.5 Å². The number of aryl methyl sites for hydroxylation is 2. The minimum Gasteiger partial charge on any atom is -0.478 e. The van der Waals surface area contributed by atoms with Crippen molar-refractivity contribution < 1.29 is 9.53 Å². The Morgan fingerprint density at radius 3 is 2.58 bits per heavy atom. The van der Waals surface area contributed by atoms with Gasteiger partial charge in [-0.05, 0) is 69.2 Å². The van der Waals surface area contributed by atoms with Crippen LogP contribution in [0, 0.1) is 13.8 Å². The maximum Gasteiger partial charge on any atom is 0.267 e. The van der Waals surface area contributed by atoms with Crippen LogP contribution in [0.1, 0.15) is 25.0 Å². The second kappa shape index (κ2) is 6.78. The summed E-state index contributed by atoms with van der Waals surface area (Å²) in [6, 6.07) is 8.85. The highest BCUT2D eigenvalue weighted by Crippen LogP contribution is 2.34. The fourth-order valence-electron chi connectivity index (χ4n) is 2.70. The van der Waals surface area contributed by atoms with Crippen LogP contribution in [0.4, 0.5) is 10.8 Å². The number of amides is 1. The molecule has 2 aromatic carbocycles. The monoisotopic (exact) mass is 389 g/mol.